The van der Waals surface area contributed by atoms with Gasteiger partial charge in [-0.25, -0.2) is 0 Å². The van der Waals surface area contributed by atoms with E-state index in [1.807, 2.05) is 0 Å². The number of hydrogen-bond donors (Lipinski definition) is 2. The van der Waals surface area contributed by atoms with E-state index in [2.05, 4.69) is 15.4 Å². The van der Waals surface area contributed by atoms with Crippen LogP contribution in [0, 0.1) is 0 Å². The average molecular weight is 393 g/mol. The van der Waals surface area contributed by atoms with Crippen molar-refractivity contribution in [1.29, 1.82) is 0 Å². The van der Waals surface area contributed by atoms with Crippen LogP contribution in [-0.2, 0) is 9.59 Å². The zero-order valence-electron chi connectivity index (χ0n) is 14.9. The highest BCUT2D eigenvalue weighted by Crippen LogP contribution is 2.31. The van der Waals surface area contributed by atoms with E-state index >= 15 is 0 Å². The van der Waals surface area contributed by atoms with Gasteiger partial charge < -0.3 is 20.3 Å². The molecule has 0 spiro atoms. The molecule has 1 atom stereocenters. The molecule has 0 aliphatic carbocycles. The number of alkyl halides is 3. The van der Waals surface area contributed by atoms with Crippen LogP contribution in [0.25, 0.3) is 0 Å². The molecule has 9 heteroatoms. The van der Waals surface area contributed by atoms with E-state index in [-0.39, 0.29) is 36.6 Å². The molecule has 1 aliphatic rings. The predicted octanol–water partition coefficient (Wildman–Crippen LogP) is 3.76. The number of halogens is 3. The van der Waals surface area contributed by atoms with E-state index < -0.39 is 6.36 Å². The Labute approximate surface area is 159 Å². The molecule has 28 heavy (non-hydrogen) atoms. The Kier molecular flexibility index (Phi) is 5.43. The molecule has 3 rings (SSSR count). The van der Waals surface area contributed by atoms with Gasteiger partial charge in [0.05, 0.1) is 17.9 Å². The molecular weight excluding hydrogens is 375 g/mol. The van der Waals surface area contributed by atoms with Crippen molar-refractivity contribution in [2.24, 2.45) is 0 Å². The van der Waals surface area contributed by atoms with Crippen molar-refractivity contribution in [2.45, 2.75) is 25.7 Å². The highest BCUT2D eigenvalue weighted by Gasteiger charge is 2.31. The van der Waals surface area contributed by atoms with E-state index in [1.54, 1.807) is 36.1 Å². The summed E-state index contributed by atoms with van der Waals surface area (Å²) in [4.78, 5) is 26.3. The van der Waals surface area contributed by atoms with Gasteiger partial charge in [0, 0.05) is 18.2 Å². The number of nitrogens with one attached hydrogen (secondary N) is 2. The number of rotatable bonds is 4. The molecule has 2 aromatic carbocycles. The van der Waals surface area contributed by atoms with Crippen LogP contribution in [0.3, 0.4) is 0 Å². The molecular formula is C19H18F3N3O3. The van der Waals surface area contributed by atoms with Gasteiger partial charge in [-0.1, -0.05) is 12.1 Å². The minimum Gasteiger partial charge on any atom is -0.406 e. The number of ether oxygens (including phenoxy) is 1. The van der Waals surface area contributed by atoms with Gasteiger partial charge in [0.2, 0.25) is 11.8 Å². The summed E-state index contributed by atoms with van der Waals surface area (Å²) in [5.74, 6) is -0.792. The largest absolute Gasteiger partial charge is 0.573 e. The molecule has 1 unspecified atom stereocenters. The van der Waals surface area contributed by atoms with Gasteiger partial charge in [-0.3, -0.25) is 9.59 Å². The Morgan fingerprint density at radius 1 is 1.21 bits per heavy atom. The summed E-state index contributed by atoms with van der Waals surface area (Å²) in [5.41, 5.74) is 1.62. The molecule has 2 aromatic rings. The second-order valence-corrected chi connectivity index (χ2v) is 6.31. The molecule has 6 nitrogen and oxygen atoms in total. The molecule has 2 N–H and O–H groups in total. The number of amides is 2. The number of anilines is 3. The van der Waals surface area contributed by atoms with E-state index in [0.717, 1.165) is 12.1 Å². The van der Waals surface area contributed by atoms with Gasteiger partial charge >= 0.3 is 6.36 Å². The Morgan fingerprint density at radius 2 is 1.89 bits per heavy atom. The molecule has 0 radical (unpaired) electrons. The SMILES string of the molecule is CC1CC(=O)Nc2ccccc2N1C(=O)CNc1ccc(OC(F)(F)F)cc1. The van der Waals surface area contributed by atoms with Gasteiger partial charge in [-0.05, 0) is 43.3 Å². The van der Waals surface area contributed by atoms with Crippen LogP contribution in [0.2, 0.25) is 0 Å². The van der Waals surface area contributed by atoms with Crippen molar-refractivity contribution in [3.05, 3.63) is 48.5 Å². The lowest BCUT2D eigenvalue weighted by molar-refractivity contribution is -0.274. The average Bonchev–Trinajstić information content (AvgIpc) is 2.74. The van der Waals surface area contributed by atoms with Crippen molar-refractivity contribution >= 4 is 28.9 Å². The Morgan fingerprint density at radius 3 is 2.57 bits per heavy atom. The second kappa shape index (κ2) is 7.79. The lowest BCUT2D eigenvalue weighted by Crippen LogP contribution is -2.42. The summed E-state index contributed by atoms with van der Waals surface area (Å²) in [6.45, 7) is 1.69. The topological polar surface area (TPSA) is 70.7 Å². The van der Waals surface area contributed by atoms with Crippen LogP contribution in [-0.4, -0.2) is 30.8 Å². The predicted molar refractivity (Wildman–Crippen MR) is 98.3 cm³/mol. The fourth-order valence-corrected chi connectivity index (χ4v) is 3.01. The fraction of sp³-hybridized carbons (Fsp3) is 0.263. The monoisotopic (exact) mass is 393 g/mol. The first-order valence-corrected chi connectivity index (χ1v) is 8.53. The maximum atomic E-state index is 12.8. The number of hydrogen-bond acceptors (Lipinski definition) is 4. The van der Waals surface area contributed by atoms with Gasteiger partial charge in [0.15, 0.2) is 0 Å². The summed E-state index contributed by atoms with van der Waals surface area (Å²) in [5, 5.41) is 5.66. The molecule has 0 fully saturated rings. The first kappa shape index (κ1) is 19.5. The molecule has 0 aromatic heterocycles. The Bertz CT molecular complexity index is 869. The summed E-state index contributed by atoms with van der Waals surface area (Å²) in [6.07, 6.45) is -4.60. The molecule has 0 saturated heterocycles. The lowest BCUT2D eigenvalue weighted by Gasteiger charge is -2.28. The summed E-state index contributed by atoms with van der Waals surface area (Å²) in [6, 6.07) is 11.8. The zero-order valence-corrected chi connectivity index (χ0v) is 14.9. The van der Waals surface area contributed by atoms with Crippen LogP contribution in [0.5, 0.6) is 5.75 Å². The first-order valence-electron chi connectivity index (χ1n) is 8.53. The van der Waals surface area contributed by atoms with Crippen molar-refractivity contribution in [1.82, 2.24) is 0 Å². The van der Waals surface area contributed by atoms with Gasteiger partial charge in [-0.2, -0.15) is 0 Å². The third kappa shape index (κ3) is 4.73. The van der Waals surface area contributed by atoms with Gasteiger partial charge in [0.1, 0.15) is 5.75 Å². The van der Waals surface area contributed by atoms with Crippen LogP contribution in [0.1, 0.15) is 13.3 Å². The highest BCUT2D eigenvalue weighted by atomic mass is 19.4. The molecule has 148 valence electrons. The fourth-order valence-electron chi connectivity index (χ4n) is 3.01. The number of carbonyl (C=O) groups excluding carboxylic acids is 2. The number of carbonyl (C=O) groups is 2. The minimum atomic E-state index is -4.76. The van der Waals surface area contributed by atoms with Gasteiger partial charge in [0.25, 0.3) is 0 Å². The van der Waals surface area contributed by atoms with E-state index in [1.165, 1.54) is 12.1 Å². The number of nitrogens with zero attached hydrogens (tertiary/aromatic N) is 1. The van der Waals surface area contributed by atoms with Crippen LogP contribution in [0.15, 0.2) is 48.5 Å². The standard InChI is InChI=1S/C19H18F3N3O3/c1-12-10-17(26)24-15-4-2-3-5-16(15)25(12)18(27)11-23-13-6-8-14(9-7-13)28-19(20,21)22/h2-9,12,23H,10-11H2,1H3,(H,24,26). The molecule has 1 heterocycles. The quantitative estimate of drug-likeness (QED) is 0.830. The number of benzene rings is 2. The second-order valence-electron chi connectivity index (χ2n) is 6.31. The van der Waals surface area contributed by atoms with Crippen molar-refractivity contribution in [2.75, 3.05) is 22.1 Å². The summed E-state index contributed by atoms with van der Waals surface area (Å²) < 4.78 is 40.4. The van der Waals surface area contributed by atoms with Crippen molar-refractivity contribution in [3.63, 3.8) is 0 Å². The minimum absolute atomic E-state index is 0.0909. The van der Waals surface area contributed by atoms with Crippen LogP contribution < -0.4 is 20.3 Å². The van der Waals surface area contributed by atoms with Crippen LogP contribution in [0.4, 0.5) is 30.2 Å². The van der Waals surface area contributed by atoms with Crippen LogP contribution >= 0.6 is 0 Å². The first-order chi connectivity index (χ1) is 13.2. The summed E-state index contributed by atoms with van der Waals surface area (Å²) >= 11 is 0. The van der Waals surface area contributed by atoms with Crippen molar-refractivity contribution in [3.8, 4) is 5.75 Å². The normalized spacial score (nSPS) is 16.6. The summed E-state index contributed by atoms with van der Waals surface area (Å²) in [7, 11) is 0. The maximum Gasteiger partial charge on any atom is 0.573 e. The molecule has 1 aliphatic heterocycles. The third-order valence-electron chi connectivity index (χ3n) is 4.16. The highest BCUT2D eigenvalue weighted by molar-refractivity contribution is 6.05. The lowest BCUT2D eigenvalue weighted by atomic mass is 10.1. The smallest absolute Gasteiger partial charge is 0.406 e. The number of para-hydroxylation sites is 2. The molecule has 0 saturated carbocycles. The maximum absolute atomic E-state index is 12.8. The van der Waals surface area contributed by atoms with E-state index in [4.69, 9.17) is 0 Å². The van der Waals surface area contributed by atoms with E-state index in [9.17, 15) is 22.8 Å². The number of fused-ring (bicyclic) bond motifs is 1. The van der Waals surface area contributed by atoms with Gasteiger partial charge in [-0.15, -0.1) is 13.2 Å². The van der Waals surface area contributed by atoms with Crippen molar-refractivity contribution < 1.29 is 27.5 Å². The third-order valence-corrected chi connectivity index (χ3v) is 4.16. The Hall–Kier alpha value is -3.23. The Balaban J connectivity index is 1.70. The molecule has 0 bridgehead atoms. The van der Waals surface area contributed by atoms with E-state index in [0.29, 0.717) is 17.1 Å². The molecule has 2 amide bonds. The zero-order chi connectivity index (χ0) is 20.3.